The SMILES string of the molecule is CN(Cc1ccc2nccnc2c1)C(=O)CC1(c2cccc(F)c2)CC(=O)N(Cc2cccnc2)C1=O. The third-order valence-corrected chi connectivity index (χ3v) is 6.68. The molecule has 8 nitrogen and oxygen atoms in total. The number of pyridine rings is 1. The van der Waals surface area contributed by atoms with Crippen LogP contribution in [0.25, 0.3) is 11.0 Å². The van der Waals surface area contributed by atoms with Crippen molar-refractivity contribution in [3.8, 4) is 0 Å². The summed E-state index contributed by atoms with van der Waals surface area (Å²) in [7, 11) is 1.64. The fraction of sp³-hybridized carbons (Fsp3) is 0.214. The lowest BCUT2D eigenvalue weighted by Crippen LogP contribution is -2.42. The summed E-state index contributed by atoms with van der Waals surface area (Å²) in [5, 5.41) is 0. The van der Waals surface area contributed by atoms with Crippen LogP contribution in [-0.4, -0.2) is 49.5 Å². The molecule has 1 fully saturated rings. The van der Waals surface area contributed by atoms with Crippen molar-refractivity contribution < 1.29 is 18.8 Å². The Kier molecular flexibility index (Phi) is 6.43. The highest BCUT2D eigenvalue weighted by Crippen LogP contribution is 2.41. The second-order valence-corrected chi connectivity index (χ2v) is 9.22. The van der Waals surface area contributed by atoms with E-state index in [2.05, 4.69) is 15.0 Å². The first-order valence-electron chi connectivity index (χ1n) is 11.8. The van der Waals surface area contributed by atoms with Crippen LogP contribution in [0.2, 0.25) is 0 Å². The smallest absolute Gasteiger partial charge is 0.241 e. The minimum absolute atomic E-state index is 0.0325. The van der Waals surface area contributed by atoms with Gasteiger partial charge >= 0.3 is 0 Å². The van der Waals surface area contributed by atoms with Crippen molar-refractivity contribution >= 4 is 28.8 Å². The Morgan fingerprint density at radius 1 is 1.00 bits per heavy atom. The number of fused-ring (bicyclic) bond motifs is 1. The van der Waals surface area contributed by atoms with Crippen molar-refractivity contribution in [3.63, 3.8) is 0 Å². The van der Waals surface area contributed by atoms with Gasteiger partial charge in [0.2, 0.25) is 17.7 Å². The van der Waals surface area contributed by atoms with Crippen LogP contribution in [0.1, 0.15) is 29.5 Å². The van der Waals surface area contributed by atoms with Crippen molar-refractivity contribution in [1.82, 2.24) is 24.8 Å². The maximum atomic E-state index is 14.2. The first kappa shape index (κ1) is 24.2. The molecule has 2 aromatic carbocycles. The molecule has 0 spiro atoms. The first-order valence-corrected chi connectivity index (χ1v) is 11.8. The third kappa shape index (κ3) is 4.80. The molecule has 1 aliphatic heterocycles. The summed E-state index contributed by atoms with van der Waals surface area (Å²) >= 11 is 0. The van der Waals surface area contributed by atoms with Gasteiger partial charge < -0.3 is 4.90 Å². The molecule has 0 N–H and O–H groups in total. The molecule has 1 unspecified atom stereocenters. The topological polar surface area (TPSA) is 96.4 Å². The highest BCUT2D eigenvalue weighted by Gasteiger charge is 2.54. The van der Waals surface area contributed by atoms with Gasteiger partial charge in [0, 0.05) is 51.2 Å². The van der Waals surface area contributed by atoms with Crippen LogP contribution in [0, 0.1) is 5.82 Å². The molecular formula is C28H24FN5O3. The predicted octanol–water partition coefficient (Wildman–Crippen LogP) is 3.41. The monoisotopic (exact) mass is 497 g/mol. The zero-order valence-corrected chi connectivity index (χ0v) is 20.2. The van der Waals surface area contributed by atoms with Gasteiger partial charge in [0.1, 0.15) is 5.82 Å². The van der Waals surface area contributed by atoms with Crippen molar-refractivity contribution in [2.24, 2.45) is 0 Å². The predicted molar refractivity (Wildman–Crippen MR) is 133 cm³/mol. The minimum Gasteiger partial charge on any atom is -0.341 e. The molecule has 0 bridgehead atoms. The number of hydrogen-bond donors (Lipinski definition) is 0. The fourth-order valence-corrected chi connectivity index (χ4v) is 4.75. The van der Waals surface area contributed by atoms with Gasteiger partial charge in [-0.25, -0.2) is 4.39 Å². The first-order chi connectivity index (χ1) is 17.9. The molecule has 1 aliphatic rings. The van der Waals surface area contributed by atoms with E-state index in [0.29, 0.717) is 16.6 Å². The van der Waals surface area contributed by atoms with Crippen LogP contribution in [0.5, 0.6) is 0 Å². The van der Waals surface area contributed by atoms with Gasteiger partial charge in [-0.2, -0.15) is 0 Å². The van der Waals surface area contributed by atoms with E-state index in [0.717, 1.165) is 16.0 Å². The average Bonchev–Trinajstić information content (AvgIpc) is 3.14. The number of aromatic nitrogens is 3. The summed E-state index contributed by atoms with van der Waals surface area (Å²) in [5.74, 6) is -1.81. The molecule has 5 rings (SSSR count). The summed E-state index contributed by atoms with van der Waals surface area (Å²) in [6, 6.07) is 14.6. The summed E-state index contributed by atoms with van der Waals surface area (Å²) in [6.45, 7) is 0.302. The lowest BCUT2D eigenvalue weighted by Gasteiger charge is -2.29. The molecule has 1 saturated heterocycles. The molecule has 37 heavy (non-hydrogen) atoms. The van der Waals surface area contributed by atoms with E-state index in [1.54, 1.807) is 50.0 Å². The van der Waals surface area contributed by atoms with E-state index >= 15 is 0 Å². The average molecular weight is 498 g/mol. The Hall–Kier alpha value is -4.53. The largest absolute Gasteiger partial charge is 0.341 e. The second kappa shape index (κ2) is 9.85. The molecular weight excluding hydrogens is 473 g/mol. The van der Waals surface area contributed by atoms with E-state index in [1.165, 1.54) is 23.1 Å². The van der Waals surface area contributed by atoms with Gasteiger partial charge in [-0.05, 0) is 47.0 Å². The van der Waals surface area contributed by atoms with Crippen LogP contribution in [-0.2, 0) is 32.9 Å². The molecule has 186 valence electrons. The Balaban J connectivity index is 1.42. The van der Waals surface area contributed by atoms with E-state index in [9.17, 15) is 18.8 Å². The lowest BCUT2D eigenvalue weighted by molar-refractivity contribution is -0.143. The van der Waals surface area contributed by atoms with E-state index in [4.69, 9.17) is 0 Å². The molecule has 3 amide bonds. The Bertz CT molecular complexity index is 1500. The third-order valence-electron chi connectivity index (χ3n) is 6.68. The number of benzene rings is 2. The van der Waals surface area contributed by atoms with Gasteiger partial charge in [0.25, 0.3) is 0 Å². The number of hydrogen-bond acceptors (Lipinski definition) is 6. The van der Waals surface area contributed by atoms with Gasteiger partial charge in [0.05, 0.1) is 23.0 Å². The molecule has 3 heterocycles. The lowest BCUT2D eigenvalue weighted by atomic mass is 9.75. The number of imide groups is 1. The Morgan fingerprint density at radius 2 is 1.81 bits per heavy atom. The molecule has 0 radical (unpaired) electrons. The normalized spacial score (nSPS) is 17.4. The van der Waals surface area contributed by atoms with Crippen LogP contribution in [0.4, 0.5) is 4.39 Å². The summed E-state index contributed by atoms with van der Waals surface area (Å²) < 4.78 is 14.2. The summed E-state index contributed by atoms with van der Waals surface area (Å²) in [5.41, 5.74) is 1.79. The van der Waals surface area contributed by atoms with Gasteiger partial charge in [0.15, 0.2) is 0 Å². The molecule has 2 aromatic heterocycles. The maximum absolute atomic E-state index is 14.2. The molecule has 0 aliphatic carbocycles. The fourth-order valence-electron chi connectivity index (χ4n) is 4.75. The number of amides is 3. The summed E-state index contributed by atoms with van der Waals surface area (Å²) in [4.78, 5) is 55.6. The number of carbonyl (C=O) groups excluding carboxylic acids is 3. The van der Waals surface area contributed by atoms with Crippen LogP contribution >= 0.6 is 0 Å². The van der Waals surface area contributed by atoms with Crippen molar-refractivity contribution in [2.75, 3.05) is 7.05 Å². The number of carbonyl (C=O) groups is 3. The molecule has 9 heteroatoms. The zero-order valence-electron chi connectivity index (χ0n) is 20.2. The van der Waals surface area contributed by atoms with Crippen LogP contribution in [0.15, 0.2) is 79.4 Å². The number of halogens is 1. The van der Waals surface area contributed by atoms with Crippen molar-refractivity contribution in [3.05, 3.63) is 102 Å². The highest BCUT2D eigenvalue weighted by atomic mass is 19.1. The number of nitrogens with zero attached hydrogens (tertiary/aromatic N) is 5. The molecule has 4 aromatic rings. The molecule has 1 atom stereocenters. The van der Waals surface area contributed by atoms with Gasteiger partial charge in [-0.15, -0.1) is 0 Å². The number of likely N-dealkylation sites (tertiary alicyclic amines) is 1. The number of rotatable bonds is 7. The zero-order chi connectivity index (χ0) is 26.0. The minimum atomic E-state index is -1.50. The van der Waals surface area contributed by atoms with Gasteiger partial charge in [-0.3, -0.25) is 34.2 Å². The second-order valence-electron chi connectivity index (χ2n) is 9.22. The van der Waals surface area contributed by atoms with E-state index in [1.807, 2.05) is 18.2 Å². The Labute approximate surface area is 212 Å². The quantitative estimate of drug-likeness (QED) is 0.363. The highest BCUT2D eigenvalue weighted by molar-refractivity contribution is 6.10. The van der Waals surface area contributed by atoms with E-state index < -0.39 is 23.0 Å². The standard InChI is InChI=1S/C28H24FN5O3/c1-33(17-19-7-8-23-24(12-19)32-11-10-31-23)25(35)14-28(21-5-2-6-22(29)13-21)15-26(36)34(27(28)37)18-20-4-3-9-30-16-20/h2-13,16H,14-15,17-18H2,1H3. The maximum Gasteiger partial charge on any atom is 0.241 e. The van der Waals surface area contributed by atoms with Crippen LogP contribution < -0.4 is 0 Å². The molecule has 0 saturated carbocycles. The van der Waals surface area contributed by atoms with E-state index in [-0.39, 0.29) is 31.8 Å². The Morgan fingerprint density at radius 3 is 2.57 bits per heavy atom. The van der Waals surface area contributed by atoms with Gasteiger partial charge in [-0.1, -0.05) is 24.3 Å². The van der Waals surface area contributed by atoms with Crippen molar-refractivity contribution in [1.29, 1.82) is 0 Å². The summed E-state index contributed by atoms with van der Waals surface area (Å²) in [6.07, 6.45) is 5.90. The van der Waals surface area contributed by atoms with Crippen LogP contribution in [0.3, 0.4) is 0 Å². The van der Waals surface area contributed by atoms with Crippen molar-refractivity contribution in [2.45, 2.75) is 31.3 Å².